The second-order valence-corrected chi connectivity index (χ2v) is 7.61. The normalized spacial score (nSPS) is 22.0. The zero-order chi connectivity index (χ0) is 18.9. The molecule has 0 N–H and O–H groups in total. The number of hydrogen-bond donors (Lipinski definition) is 0. The maximum atomic E-state index is 13.0. The molecule has 2 fully saturated rings. The molecule has 26 heavy (non-hydrogen) atoms. The molecule has 1 aromatic heterocycles. The highest BCUT2D eigenvalue weighted by Crippen LogP contribution is 2.34. The van der Waals surface area contributed by atoms with E-state index >= 15 is 0 Å². The van der Waals surface area contributed by atoms with Gasteiger partial charge >= 0.3 is 6.18 Å². The van der Waals surface area contributed by atoms with Gasteiger partial charge in [0, 0.05) is 18.8 Å². The van der Waals surface area contributed by atoms with E-state index in [0.717, 1.165) is 43.1 Å². The molecule has 0 aromatic carbocycles. The van der Waals surface area contributed by atoms with Crippen LogP contribution in [-0.2, 0) is 17.5 Å². The molecule has 0 radical (unpaired) electrons. The molecular weight excluding hydrogens is 369 g/mol. The van der Waals surface area contributed by atoms with Crippen molar-refractivity contribution in [1.82, 2.24) is 9.47 Å². The van der Waals surface area contributed by atoms with Gasteiger partial charge in [0.25, 0.3) is 5.56 Å². The lowest BCUT2D eigenvalue weighted by Crippen LogP contribution is -2.43. The molecule has 1 saturated heterocycles. The van der Waals surface area contributed by atoms with Crippen molar-refractivity contribution in [1.29, 1.82) is 0 Å². The van der Waals surface area contributed by atoms with Gasteiger partial charge in [0.2, 0.25) is 5.91 Å². The van der Waals surface area contributed by atoms with Crippen LogP contribution in [0.1, 0.15) is 50.5 Å². The number of hydrogen-bond acceptors (Lipinski definition) is 2. The molecule has 1 atom stereocenters. The van der Waals surface area contributed by atoms with Crippen molar-refractivity contribution >= 4 is 17.5 Å². The number of likely N-dealkylation sites (tertiary alicyclic amines) is 1. The first-order valence-corrected chi connectivity index (χ1v) is 9.42. The van der Waals surface area contributed by atoms with Gasteiger partial charge in [0.05, 0.1) is 5.56 Å². The molecule has 2 heterocycles. The number of aromatic nitrogens is 1. The molecular formula is C18H22ClF3N2O2. The molecule has 1 aromatic rings. The topological polar surface area (TPSA) is 42.3 Å². The van der Waals surface area contributed by atoms with E-state index in [0.29, 0.717) is 24.7 Å². The van der Waals surface area contributed by atoms with Crippen LogP contribution in [0, 0.1) is 5.92 Å². The van der Waals surface area contributed by atoms with Crippen molar-refractivity contribution in [2.75, 3.05) is 6.54 Å². The van der Waals surface area contributed by atoms with Gasteiger partial charge in [-0.3, -0.25) is 9.59 Å². The first-order valence-electron chi connectivity index (χ1n) is 9.04. The second kappa shape index (κ2) is 7.62. The van der Waals surface area contributed by atoms with Crippen molar-refractivity contribution in [3.8, 4) is 0 Å². The molecule has 1 aliphatic carbocycles. The van der Waals surface area contributed by atoms with Crippen LogP contribution in [-0.4, -0.2) is 28.0 Å². The molecule has 3 rings (SSSR count). The van der Waals surface area contributed by atoms with E-state index in [9.17, 15) is 22.8 Å². The van der Waals surface area contributed by atoms with Crippen LogP contribution in [0.5, 0.6) is 0 Å². The second-order valence-electron chi connectivity index (χ2n) is 7.20. The summed E-state index contributed by atoms with van der Waals surface area (Å²) in [4.78, 5) is 26.6. The molecule has 8 heteroatoms. The fraction of sp³-hybridized carbons (Fsp3) is 0.667. The Morgan fingerprint density at radius 1 is 1.15 bits per heavy atom. The molecule has 1 amide bonds. The summed E-state index contributed by atoms with van der Waals surface area (Å²) in [6.45, 7) is 0.188. The lowest BCUT2D eigenvalue weighted by Gasteiger charge is -2.34. The highest BCUT2D eigenvalue weighted by atomic mass is 35.5. The number of amides is 1. The van der Waals surface area contributed by atoms with E-state index in [1.54, 1.807) is 4.90 Å². The van der Waals surface area contributed by atoms with Crippen molar-refractivity contribution < 1.29 is 18.0 Å². The number of nitrogens with zero attached hydrogens (tertiary/aromatic N) is 2. The van der Waals surface area contributed by atoms with Crippen LogP contribution in [0.4, 0.5) is 13.2 Å². The predicted molar refractivity (Wildman–Crippen MR) is 92.0 cm³/mol. The molecule has 1 saturated carbocycles. The average molecular weight is 391 g/mol. The first-order chi connectivity index (χ1) is 12.3. The maximum absolute atomic E-state index is 13.0. The van der Waals surface area contributed by atoms with E-state index in [2.05, 4.69) is 0 Å². The highest BCUT2D eigenvalue weighted by molar-refractivity contribution is 6.30. The third-order valence-electron chi connectivity index (χ3n) is 5.49. The minimum atomic E-state index is -4.62. The van der Waals surface area contributed by atoms with Crippen LogP contribution in [0.15, 0.2) is 17.1 Å². The van der Waals surface area contributed by atoms with E-state index in [1.807, 2.05) is 0 Å². The number of halogens is 4. The third kappa shape index (κ3) is 4.08. The fourth-order valence-electron chi connectivity index (χ4n) is 4.22. The SMILES string of the molecule is O=C(Cn1cc(C(F)(F)F)cc(Cl)c1=O)N1CCC[C@H]1C1CCCCC1. The Balaban J connectivity index is 1.79. The summed E-state index contributed by atoms with van der Waals surface area (Å²) >= 11 is 5.66. The Labute approximate surface area is 154 Å². The molecule has 4 nitrogen and oxygen atoms in total. The summed E-state index contributed by atoms with van der Waals surface area (Å²) in [5.74, 6) is 0.146. The third-order valence-corrected chi connectivity index (χ3v) is 5.76. The van der Waals surface area contributed by atoms with Crippen LogP contribution in [0.25, 0.3) is 0 Å². The molecule has 1 aliphatic heterocycles. The molecule has 2 aliphatic rings. The summed E-state index contributed by atoms with van der Waals surface area (Å²) in [6.07, 6.45) is 3.58. The highest BCUT2D eigenvalue weighted by Gasteiger charge is 2.36. The Bertz CT molecular complexity index is 726. The molecule has 0 bridgehead atoms. The lowest BCUT2D eigenvalue weighted by atomic mass is 9.83. The molecule has 0 spiro atoms. The zero-order valence-electron chi connectivity index (χ0n) is 14.4. The number of pyridine rings is 1. The summed E-state index contributed by atoms with van der Waals surface area (Å²) in [7, 11) is 0. The van der Waals surface area contributed by atoms with E-state index in [1.165, 1.54) is 6.42 Å². The minimum absolute atomic E-state index is 0.139. The first kappa shape index (κ1) is 19.3. The van der Waals surface area contributed by atoms with Crippen LogP contribution in [0.3, 0.4) is 0 Å². The van der Waals surface area contributed by atoms with Crippen molar-refractivity contribution in [3.63, 3.8) is 0 Å². The van der Waals surface area contributed by atoms with Crippen molar-refractivity contribution in [3.05, 3.63) is 33.2 Å². The summed E-state index contributed by atoms with van der Waals surface area (Å²) in [6, 6.07) is 0.741. The summed E-state index contributed by atoms with van der Waals surface area (Å²) < 4.78 is 39.6. The Morgan fingerprint density at radius 3 is 2.50 bits per heavy atom. The maximum Gasteiger partial charge on any atom is 0.417 e. The number of carbonyl (C=O) groups excluding carboxylic acids is 1. The number of carbonyl (C=O) groups is 1. The van der Waals surface area contributed by atoms with Gasteiger partial charge in [-0.1, -0.05) is 30.9 Å². The summed E-state index contributed by atoms with van der Waals surface area (Å²) in [5.41, 5.74) is -1.80. The predicted octanol–water partition coefficient (Wildman–Crippen LogP) is 4.09. The van der Waals surface area contributed by atoms with Gasteiger partial charge in [-0.15, -0.1) is 0 Å². The minimum Gasteiger partial charge on any atom is -0.338 e. The van der Waals surface area contributed by atoms with Gasteiger partial charge in [-0.25, -0.2) is 0 Å². The van der Waals surface area contributed by atoms with Gasteiger partial charge in [-0.2, -0.15) is 13.2 Å². The zero-order valence-corrected chi connectivity index (χ0v) is 15.2. The van der Waals surface area contributed by atoms with Gasteiger partial charge in [0.1, 0.15) is 11.6 Å². The number of alkyl halides is 3. The van der Waals surface area contributed by atoms with Gasteiger partial charge in [0.15, 0.2) is 0 Å². The Kier molecular flexibility index (Phi) is 5.65. The summed E-state index contributed by atoms with van der Waals surface area (Å²) in [5, 5.41) is -0.530. The molecule has 0 unspecified atom stereocenters. The van der Waals surface area contributed by atoms with Crippen molar-refractivity contribution in [2.45, 2.75) is 63.7 Å². The average Bonchev–Trinajstić information content (AvgIpc) is 3.08. The van der Waals surface area contributed by atoms with Crippen LogP contribution >= 0.6 is 11.6 Å². The molecule has 144 valence electrons. The smallest absolute Gasteiger partial charge is 0.338 e. The van der Waals surface area contributed by atoms with Crippen LogP contribution < -0.4 is 5.56 Å². The van der Waals surface area contributed by atoms with Crippen molar-refractivity contribution in [2.24, 2.45) is 5.92 Å². The van der Waals surface area contributed by atoms with Crippen LogP contribution in [0.2, 0.25) is 5.02 Å². The lowest BCUT2D eigenvalue weighted by molar-refractivity contribution is -0.139. The quantitative estimate of drug-likeness (QED) is 0.780. The largest absolute Gasteiger partial charge is 0.417 e. The van der Waals surface area contributed by atoms with E-state index in [-0.39, 0.29) is 11.9 Å². The van der Waals surface area contributed by atoms with Gasteiger partial charge < -0.3 is 9.47 Å². The Hall–Kier alpha value is -1.50. The standard InChI is InChI=1S/C18H22ClF3N2O2/c19-14-9-13(18(20,21)22)10-23(17(14)26)11-16(25)24-8-4-7-15(24)12-5-2-1-3-6-12/h9-10,12,15H,1-8,11H2/t15-/m0/s1. The van der Waals surface area contributed by atoms with E-state index in [4.69, 9.17) is 11.6 Å². The monoisotopic (exact) mass is 390 g/mol. The van der Waals surface area contributed by atoms with E-state index < -0.39 is 28.9 Å². The number of rotatable bonds is 3. The van der Waals surface area contributed by atoms with Gasteiger partial charge in [-0.05, 0) is 37.7 Å². The Morgan fingerprint density at radius 2 is 1.85 bits per heavy atom. The fourth-order valence-corrected chi connectivity index (χ4v) is 4.45.